The van der Waals surface area contributed by atoms with Crippen LogP contribution in [0.15, 0.2) is 193 Å². The van der Waals surface area contributed by atoms with E-state index < -0.39 is 10.8 Å². The Bertz CT molecular complexity index is 4360. The van der Waals surface area contributed by atoms with Crippen molar-refractivity contribution in [2.75, 3.05) is 0 Å². The van der Waals surface area contributed by atoms with Gasteiger partial charge in [-0.3, -0.25) is 19.2 Å². The average Bonchev–Trinajstić information content (AvgIpc) is 3.65. The Morgan fingerprint density at radius 1 is 0.311 bits per heavy atom. The molecule has 61 heavy (non-hydrogen) atoms. The number of nitrogens with zero attached hydrogens (tertiary/aromatic N) is 3. The van der Waals surface area contributed by atoms with Crippen molar-refractivity contribution in [1.29, 1.82) is 0 Å². The van der Waals surface area contributed by atoms with Crippen LogP contribution in [0.1, 0.15) is 0 Å². The summed E-state index contributed by atoms with van der Waals surface area (Å²) >= 11 is 0. The molecule has 0 spiro atoms. The summed E-state index contributed by atoms with van der Waals surface area (Å²) in [5, 5.41) is 5.67. The normalized spacial score (nSPS) is 12.9. The Hall–Kier alpha value is -8.01. The smallest absolute Gasteiger partial charge is 0.197 e. The summed E-state index contributed by atoms with van der Waals surface area (Å²) in [6, 6.07) is 50.5. The zero-order valence-electron chi connectivity index (χ0n) is 31.9. The van der Waals surface area contributed by atoms with Crippen molar-refractivity contribution >= 4 is 109 Å². The van der Waals surface area contributed by atoms with E-state index in [1.165, 1.54) is 0 Å². The van der Waals surface area contributed by atoms with Crippen molar-refractivity contribution in [3.05, 3.63) is 205 Å². The zero-order chi connectivity index (χ0) is 40.8. The first-order valence-electron chi connectivity index (χ1n) is 19.8. The van der Waals surface area contributed by atoms with Gasteiger partial charge in [0.15, 0.2) is 21.7 Å². The molecule has 0 saturated carbocycles. The molecule has 8 aromatic carbocycles. The monoisotopic (exact) mass is 805 g/mol. The minimum Gasteiger partial charge on any atom is -0.309 e. The highest BCUT2D eigenvalue weighted by Crippen LogP contribution is 2.35. The molecular weight excluding hydrogens is 779 g/mol. The third-order valence-corrected chi connectivity index (χ3v) is 13.9. The van der Waals surface area contributed by atoms with Crippen LogP contribution in [-0.2, 0) is 10.8 Å². The van der Waals surface area contributed by atoms with Gasteiger partial charge in [-0.2, -0.15) is 0 Å². The van der Waals surface area contributed by atoms with E-state index in [9.17, 15) is 23.4 Å². The number of rotatable bonds is 3. The highest BCUT2D eigenvalue weighted by molar-refractivity contribution is 7.85. The van der Waals surface area contributed by atoms with Crippen molar-refractivity contribution in [2.45, 2.75) is 9.79 Å². The van der Waals surface area contributed by atoms with Crippen molar-refractivity contribution in [3.8, 4) is 5.69 Å². The van der Waals surface area contributed by atoms with Crippen LogP contribution in [0.2, 0.25) is 0 Å². The number of benzene rings is 8. The second-order valence-corrected chi connectivity index (χ2v) is 17.1. The van der Waals surface area contributed by atoms with Crippen LogP contribution in [-0.4, -0.2) is 17.6 Å². The minimum atomic E-state index is -1.80. The summed E-state index contributed by atoms with van der Waals surface area (Å²) < 4.78 is 20.7. The molecule has 13 aromatic rings. The first kappa shape index (κ1) is 33.9. The van der Waals surface area contributed by atoms with E-state index in [2.05, 4.69) is 28.8 Å². The molecule has 0 amide bonds. The van der Waals surface area contributed by atoms with Crippen LogP contribution in [0, 0.1) is 0 Å². The third kappa shape index (κ3) is 4.39. The second-order valence-electron chi connectivity index (χ2n) is 15.6. The maximum atomic E-state index is 14.6. The standard InChI is InChI=1S/C52H27N3O5S/c56-49-33-11-3-6-18-43(33)54-44-23-20-29(26-39(44)51(58)37-14-7-12-35(49)47(37)54)61(60)30-21-24-45-40(27-30)52(59)38-15-8-13-36-48(38)55(45)46-25-28(19-22-34(46)50(36)57)53-41-16-4-1-9-31(41)32-10-2-5-17-42(32)53/h1-27H. The van der Waals surface area contributed by atoms with Gasteiger partial charge in [0, 0.05) is 69.3 Å². The highest BCUT2D eigenvalue weighted by atomic mass is 32.2. The molecule has 5 heterocycles. The summed E-state index contributed by atoms with van der Waals surface area (Å²) in [6.45, 7) is 0. The van der Waals surface area contributed by atoms with Gasteiger partial charge in [0.2, 0.25) is 0 Å². The fourth-order valence-corrected chi connectivity index (χ4v) is 11.0. The second kappa shape index (κ2) is 12.0. The van der Waals surface area contributed by atoms with Gasteiger partial charge in [-0.1, -0.05) is 60.7 Å². The van der Waals surface area contributed by atoms with Crippen LogP contribution in [0.4, 0.5) is 0 Å². The van der Waals surface area contributed by atoms with Gasteiger partial charge in [0.05, 0.1) is 54.9 Å². The number of hydrogen-bond acceptors (Lipinski definition) is 5. The van der Waals surface area contributed by atoms with Gasteiger partial charge in [-0.25, -0.2) is 4.21 Å². The fraction of sp³-hybridized carbons (Fsp3) is 0. The maximum absolute atomic E-state index is 14.6. The Morgan fingerprint density at radius 2 is 0.705 bits per heavy atom. The molecule has 13 rings (SSSR count). The topological polar surface area (TPSA) is 99.1 Å². The Labute approximate surface area is 345 Å². The van der Waals surface area contributed by atoms with Crippen molar-refractivity contribution in [1.82, 2.24) is 13.4 Å². The molecule has 0 aliphatic heterocycles. The summed E-state index contributed by atoms with van der Waals surface area (Å²) in [5.74, 6) is 0. The SMILES string of the molecule is O=c1c2ccccc2n2c3ccc(S(=O)c4ccc5c(c4)c(=O)c4cccc6c(=O)c7ccc(-n8c9ccccc9c9ccccc98)cc7n5c46)cc3c(=O)c3cccc1c32. The lowest BCUT2D eigenvalue weighted by atomic mass is 10.0. The molecule has 9 heteroatoms. The molecule has 5 aromatic heterocycles. The van der Waals surface area contributed by atoms with E-state index >= 15 is 0 Å². The van der Waals surface area contributed by atoms with Gasteiger partial charge in [0.25, 0.3) is 0 Å². The van der Waals surface area contributed by atoms with Crippen molar-refractivity contribution in [3.63, 3.8) is 0 Å². The summed E-state index contributed by atoms with van der Waals surface area (Å²) in [4.78, 5) is 57.1. The molecule has 0 saturated heterocycles. The zero-order valence-corrected chi connectivity index (χ0v) is 32.7. The van der Waals surface area contributed by atoms with E-state index in [0.717, 1.165) is 27.5 Å². The first-order chi connectivity index (χ1) is 29.9. The average molecular weight is 806 g/mol. The van der Waals surface area contributed by atoms with E-state index in [1.54, 1.807) is 78.9 Å². The van der Waals surface area contributed by atoms with Crippen LogP contribution in [0.3, 0.4) is 0 Å². The molecule has 0 radical (unpaired) electrons. The molecule has 0 N–H and O–H groups in total. The van der Waals surface area contributed by atoms with Crippen molar-refractivity contribution < 1.29 is 4.21 Å². The number of para-hydroxylation sites is 5. The summed E-state index contributed by atoms with van der Waals surface area (Å²) in [7, 11) is -1.80. The largest absolute Gasteiger partial charge is 0.309 e. The van der Waals surface area contributed by atoms with Crippen LogP contribution < -0.4 is 21.7 Å². The Morgan fingerprint density at radius 3 is 1.23 bits per heavy atom. The lowest BCUT2D eigenvalue weighted by Crippen LogP contribution is -2.15. The molecule has 8 nitrogen and oxygen atoms in total. The van der Waals surface area contributed by atoms with Gasteiger partial charge < -0.3 is 13.4 Å². The van der Waals surface area contributed by atoms with Gasteiger partial charge >= 0.3 is 0 Å². The summed E-state index contributed by atoms with van der Waals surface area (Å²) in [5.41, 5.74) is 5.66. The van der Waals surface area contributed by atoms with E-state index in [0.29, 0.717) is 86.0 Å². The molecular formula is C52H27N3O5S. The number of pyridine rings is 4. The van der Waals surface area contributed by atoms with Gasteiger partial charge in [-0.15, -0.1) is 0 Å². The number of fused-ring (bicyclic) bond motifs is 11. The molecule has 1 atom stereocenters. The quantitative estimate of drug-likeness (QED) is 0.131. The van der Waals surface area contributed by atoms with E-state index in [-0.39, 0.29) is 21.7 Å². The Balaban J connectivity index is 1.04. The van der Waals surface area contributed by atoms with E-state index in [4.69, 9.17) is 0 Å². The lowest BCUT2D eigenvalue weighted by molar-refractivity contribution is 0.683. The number of hydrogen-bond donors (Lipinski definition) is 0. The van der Waals surface area contributed by atoms with Crippen LogP contribution in [0.5, 0.6) is 0 Å². The van der Waals surface area contributed by atoms with E-state index in [1.807, 2.05) is 69.5 Å². The van der Waals surface area contributed by atoms with Gasteiger partial charge in [0.1, 0.15) is 0 Å². The highest BCUT2D eigenvalue weighted by Gasteiger charge is 2.22. The minimum absolute atomic E-state index is 0.137. The molecule has 0 bridgehead atoms. The van der Waals surface area contributed by atoms with Gasteiger partial charge in [-0.05, 0) is 103 Å². The third-order valence-electron chi connectivity index (χ3n) is 12.5. The molecule has 286 valence electrons. The molecule has 0 aliphatic rings. The fourth-order valence-electron chi connectivity index (χ4n) is 9.87. The number of aromatic nitrogens is 3. The maximum Gasteiger partial charge on any atom is 0.197 e. The predicted molar refractivity (Wildman–Crippen MR) is 246 cm³/mol. The summed E-state index contributed by atoms with van der Waals surface area (Å²) in [6.07, 6.45) is 0. The molecule has 0 fully saturated rings. The van der Waals surface area contributed by atoms with Crippen LogP contribution >= 0.6 is 0 Å². The first-order valence-corrected chi connectivity index (χ1v) is 21.0. The van der Waals surface area contributed by atoms with Crippen molar-refractivity contribution in [2.24, 2.45) is 0 Å². The molecule has 1 unspecified atom stereocenters. The Kier molecular flexibility index (Phi) is 6.69. The molecule has 0 aliphatic carbocycles. The predicted octanol–water partition coefficient (Wildman–Crippen LogP) is 9.69. The van der Waals surface area contributed by atoms with Crippen LogP contribution in [0.25, 0.3) is 104 Å². The lowest BCUT2D eigenvalue weighted by Gasteiger charge is -2.17.